The van der Waals surface area contributed by atoms with Gasteiger partial charge in [-0.15, -0.1) is 0 Å². The molecule has 0 atom stereocenters. The van der Waals surface area contributed by atoms with Crippen LogP contribution in [0.5, 0.6) is 0 Å². The summed E-state index contributed by atoms with van der Waals surface area (Å²) in [7, 11) is 0. The monoisotopic (exact) mass is 308 g/mol. The summed E-state index contributed by atoms with van der Waals surface area (Å²) in [5.41, 5.74) is 1.04. The third-order valence-electron chi connectivity index (χ3n) is 2.47. The number of pyridine rings is 1. The first-order valence-corrected chi connectivity index (χ1v) is 6.32. The molecule has 2 heterocycles. The van der Waals surface area contributed by atoms with Crippen molar-refractivity contribution in [1.29, 1.82) is 0 Å². The molecule has 0 fully saturated rings. The molecule has 1 amide bonds. The predicted octanol–water partition coefficient (Wildman–Crippen LogP) is 2.38. The van der Waals surface area contributed by atoms with Crippen LogP contribution in [0.25, 0.3) is 0 Å². The van der Waals surface area contributed by atoms with Crippen molar-refractivity contribution in [2.75, 3.05) is 5.32 Å². The SMILES string of the molecule is Cc1cc(NC(=O)CCn2ccnc2)ncc1Br. The van der Waals surface area contributed by atoms with Crippen LogP contribution < -0.4 is 5.32 Å². The van der Waals surface area contributed by atoms with Crippen LogP contribution in [-0.2, 0) is 11.3 Å². The average Bonchev–Trinajstić information content (AvgIpc) is 2.84. The van der Waals surface area contributed by atoms with Crippen molar-refractivity contribution >= 4 is 27.7 Å². The smallest absolute Gasteiger partial charge is 0.227 e. The number of nitrogens with one attached hydrogen (secondary N) is 1. The number of aryl methyl sites for hydroxylation is 2. The molecule has 6 heteroatoms. The van der Waals surface area contributed by atoms with Crippen LogP contribution in [0.2, 0.25) is 0 Å². The fraction of sp³-hybridized carbons (Fsp3) is 0.250. The Bertz CT molecular complexity index is 539. The molecule has 0 aliphatic rings. The minimum absolute atomic E-state index is 0.0575. The molecule has 18 heavy (non-hydrogen) atoms. The van der Waals surface area contributed by atoms with E-state index in [0.717, 1.165) is 10.0 Å². The van der Waals surface area contributed by atoms with Gasteiger partial charge in [-0.25, -0.2) is 9.97 Å². The third kappa shape index (κ3) is 3.40. The van der Waals surface area contributed by atoms with Gasteiger partial charge in [-0.1, -0.05) is 0 Å². The molecule has 2 rings (SSSR count). The Morgan fingerprint density at radius 3 is 3.06 bits per heavy atom. The van der Waals surface area contributed by atoms with Crippen LogP contribution in [0.3, 0.4) is 0 Å². The lowest BCUT2D eigenvalue weighted by Crippen LogP contribution is -2.15. The van der Waals surface area contributed by atoms with E-state index < -0.39 is 0 Å². The third-order valence-corrected chi connectivity index (χ3v) is 3.30. The van der Waals surface area contributed by atoms with E-state index in [-0.39, 0.29) is 5.91 Å². The summed E-state index contributed by atoms with van der Waals surface area (Å²) < 4.78 is 2.79. The lowest BCUT2D eigenvalue weighted by molar-refractivity contribution is -0.116. The minimum Gasteiger partial charge on any atom is -0.337 e. The number of anilines is 1. The molecule has 2 aromatic rings. The molecule has 5 nitrogen and oxygen atoms in total. The molecular formula is C12H13BrN4O. The van der Waals surface area contributed by atoms with E-state index >= 15 is 0 Å². The van der Waals surface area contributed by atoms with Gasteiger partial charge >= 0.3 is 0 Å². The highest BCUT2D eigenvalue weighted by atomic mass is 79.9. The first kappa shape index (κ1) is 12.8. The van der Waals surface area contributed by atoms with Crippen LogP contribution in [0.4, 0.5) is 5.82 Å². The summed E-state index contributed by atoms with van der Waals surface area (Å²) in [6, 6.07) is 1.83. The normalized spacial score (nSPS) is 10.3. The second-order valence-corrected chi connectivity index (χ2v) is 4.77. The lowest BCUT2D eigenvalue weighted by atomic mass is 10.3. The number of amides is 1. The molecule has 0 spiro atoms. The van der Waals surface area contributed by atoms with E-state index in [0.29, 0.717) is 18.8 Å². The van der Waals surface area contributed by atoms with Crippen molar-refractivity contribution in [2.45, 2.75) is 19.9 Å². The van der Waals surface area contributed by atoms with E-state index in [1.165, 1.54) is 0 Å². The summed E-state index contributed by atoms with van der Waals surface area (Å²) in [6.07, 6.45) is 7.29. The maximum absolute atomic E-state index is 11.7. The van der Waals surface area contributed by atoms with Crippen molar-refractivity contribution in [2.24, 2.45) is 0 Å². The molecule has 94 valence electrons. The van der Waals surface area contributed by atoms with Crippen LogP contribution >= 0.6 is 15.9 Å². The van der Waals surface area contributed by atoms with Gasteiger partial charge in [0.2, 0.25) is 5.91 Å². The number of carbonyl (C=O) groups is 1. The molecule has 1 N–H and O–H groups in total. The van der Waals surface area contributed by atoms with Gasteiger partial charge in [-0.3, -0.25) is 4.79 Å². The van der Waals surface area contributed by atoms with E-state index in [1.54, 1.807) is 18.7 Å². The number of halogens is 1. The second kappa shape index (κ2) is 5.77. The largest absolute Gasteiger partial charge is 0.337 e. The molecule has 0 aliphatic heterocycles. The van der Waals surface area contributed by atoms with Crippen molar-refractivity contribution < 1.29 is 4.79 Å². The fourth-order valence-corrected chi connectivity index (χ4v) is 1.68. The molecule has 2 aromatic heterocycles. The Morgan fingerprint density at radius 1 is 1.56 bits per heavy atom. The summed E-state index contributed by atoms with van der Waals surface area (Å²) in [4.78, 5) is 19.8. The standard InChI is InChI=1S/C12H13BrN4O/c1-9-6-11(15-7-10(9)13)16-12(18)2-4-17-5-3-14-8-17/h3,5-8H,2,4H2,1H3,(H,15,16,18). The van der Waals surface area contributed by atoms with Crippen LogP contribution in [0, 0.1) is 6.92 Å². The van der Waals surface area contributed by atoms with Crippen LogP contribution in [0.1, 0.15) is 12.0 Å². The van der Waals surface area contributed by atoms with Gasteiger partial charge in [0.25, 0.3) is 0 Å². The van der Waals surface area contributed by atoms with E-state index in [9.17, 15) is 4.79 Å². The van der Waals surface area contributed by atoms with Gasteiger partial charge < -0.3 is 9.88 Å². The highest BCUT2D eigenvalue weighted by Gasteiger charge is 2.05. The number of hydrogen-bond donors (Lipinski definition) is 1. The van der Waals surface area contributed by atoms with Gasteiger partial charge in [0.15, 0.2) is 0 Å². The van der Waals surface area contributed by atoms with Gasteiger partial charge in [0.05, 0.1) is 6.33 Å². The van der Waals surface area contributed by atoms with Gasteiger partial charge in [-0.2, -0.15) is 0 Å². The summed E-state index contributed by atoms with van der Waals surface area (Å²) in [6.45, 7) is 2.56. The molecule has 0 aliphatic carbocycles. The fourth-order valence-electron chi connectivity index (χ4n) is 1.46. The Kier molecular flexibility index (Phi) is 4.09. The van der Waals surface area contributed by atoms with Crippen molar-refractivity contribution in [3.8, 4) is 0 Å². The van der Waals surface area contributed by atoms with E-state index in [1.807, 2.05) is 23.8 Å². The highest BCUT2D eigenvalue weighted by Crippen LogP contribution is 2.17. The summed E-state index contributed by atoms with van der Waals surface area (Å²) in [5.74, 6) is 0.518. The Hall–Kier alpha value is -1.69. The number of hydrogen-bond acceptors (Lipinski definition) is 3. The molecule has 0 saturated carbocycles. The maximum Gasteiger partial charge on any atom is 0.227 e. The molecule has 0 saturated heterocycles. The van der Waals surface area contributed by atoms with Crippen molar-refractivity contribution in [1.82, 2.24) is 14.5 Å². The average molecular weight is 309 g/mol. The number of rotatable bonds is 4. The van der Waals surface area contributed by atoms with Gasteiger partial charge in [-0.05, 0) is 34.5 Å². The minimum atomic E-state index is -0.0575. The highest BCUT2D eigenvalue weighted by molar-refractivity contribution is 9.10. The van der Waals surface area contributed by atoms with Crippen LogP contribution in [-0.4, -0.2) is 20.4 Å². The van der Waals surface area contributed by atoms with Crippen LogP contribution in [0.15, 0.2) is 35.5 Å². The maximum atomic E-state index is 11.7. The summed E-state index contributed by atoms with van der Waals surface area (Å²) >= 11 is 3.37. The lowest BCUT2D eigenvalue weighted by Gasteiger charge is -2.06. The quantitative estimate of drug-likeness (QED) is 0.943. The number of nitrogens with zero attached hydrogens (tertiary/aromatic N) is 3. The molecule has 0 aromatic carbocycles. The molecule has 0 bridgehead atoms. The zero-order chi connectivity index (χ0) is 13.0. The first-order chi connectivity index (χ1) is 8.65. The second-order valence-electron chi connectivity index (χ2n) is 3.92. The Morgan fingerprint density at radius 2 is 2.39 bits per heavy atom. The van der Waals surface area contributed by atoms with Crippen molar-refractivity contribution in [3.63, 3.8) is 0 Å². The number of carbonyl (C=O) groups excluding carboxylic acids is 1. The zero-order valence-electron chi connectivity index (χ0n) is 9.93. The molecule has 0 unspecified atom stereocenters. The van der Waals surface area contributed by atoms with Gasteiger partial charge in [0, 0.05) is 36.0 Å². The topological polar surface area (TPSA) is 59.8 Å². The Labute approximate surface area is 113 Å². The zero-order valence-corrected chi connectivity index (χ0v) is 11.5. The number of imidazole rings is 1. The van der Waals surface area contributed by atoms with Gasteiger partial charge in [0.1, 0.15) is 5.82 Å². The predicted molar refractivity (Wildman–Crippen MR) is 72.1 cm³/mol. The number of aromatic nitrogens is 3. The Balaban J connectivity index is 1.88. The first-order valence-electron chi connectivity index (χ1n) is 5.53. The van der Waals surface area contributed by atoms with E-state index in [2.05, 4.69) is 31.2 Å². The van der Waals surface area contributed by atoms with Crippen molar-refractivity contribution in [3.05, 3.63) is 41.0 Å². The summed E-state index contributed by atoms with van der Waals surface area (Å²) in [5, 5.41) is 2.77. The molecule has 0 radical (unpaired) electrons. The van der Waals surface area contributed by atoms with E-state index in [4.69, 9.17) is 0 Å². The molecular weight excluding hydrogens is 296 g/mol.